The molecule has 25 heavy (non-hydrogen) atoms. The minimum atomic E-state index is -0.466. The molecule has 1 N–H and O–H groups in total. The fraction of sp³-hybridized carbons (Fsp3) is 0.882. The average molecular weight is 381 g/mol. The molecule has 8 heteroatoms. The van der Waals surface area contributed by atoms with Gasteiger partial charge in [0, 0.05) is 24.9 Å². The Kier molecular flexibility index (Phi) is 17.4. The Balaban J connectivity index is 3.97. The molecule has 0 unspecified atom stereocenters. The van der Waals surface area contributed by atoms with Gasteiger partial charge in [-0.15, -0.1) is 4.33 Å². The molecule has 0 atom stereocenters. The number of rotatable bonds is 17. The molecule has 0 fully saturated rings. The molecule has 0 bridgehead atoms. The zero-order valence-corrected chi connectivity index (χ0v) is 16.2. The van der Waals surface area contributed by atoms with Crippen molar-refractivity contribution in [3.05, 3.63) is 0 Å². The third-order valence-corrected chi connectivity index (χ3v) is 4.22. The Morgan fingerprint density at radius 1 is 0.840 bits per heavy atom. The fourth-order valence-corrected chi connectivity index (χ4v) is 2.48. The predicted octanol–water partition coefficient (Wildman–Crippen LogP) is 4.45. The lowest BCUT2D eigenvalue weighted by atomic mass is 10.1. The minimum Gasteiger partial charge on any atom is -0.464 e. The lowest BCUT2D eigenvalue weighted by molar-refractivity contribution is -0.432. The van der Waals surface area contributed by atoms with Crippen molar-refractivity contribution >= 4 is 24.0 Å². The molecule has 0 heterocycles. The number of unbranched alkanes of at least 4 members (excludes halogenated alkanes) is 6. The van der Waals surface area contributed by atoms with Gasteiger partial charge >= 0.3 is 11.9 Å². The minimum absolute atomic E-state index is 0.0176. The van der Waals surface area contributed by atoms with E-state index in [-0.39, 0.29) is 25.2 Å². The molecular formula is C17H32O7S. The van der Waals surface area contributed by atoms with Crippen LogP contribution in [0.5, 0.6) is 0 Å². The maximum atomic E-state index is 11.7. The third-order valence-electron chi connectivity index (χ3n) is 3.54. The zero-order valence-electron chi connectivity index (χ0n) is 15.4. The van der Waals surface area contributed by atoms with E-state index in [1.165, 1.54) is 0 Å². The molecule has 0 amide bonds. The first kappa shape index (κ1) is 24.2. The second-order valence-electron chi connectivity index (χ2n) is 5.85. The standard InChI is InChI=1S/C17H32O7S/c1-3-5-7-9-11-16(18)21-13-15(25-24-23-20)14-22-17(19)12-10-8-6-4-2/h15,20H,3-14H2,1-2H3. The number of ether oxygens (including phenoxy) is 2. The van der Waals surface area contributed by atoms with Crippen molar-refractivity contribution in [3.8, 4) is 0 Å². The highest BCUT2D eigenvalue weighted by Gasteiger charge is 2.17. The zero-order chi connectivity index (χ0) is 18.8. The SMILES string of the molecule is CCCCCCC(=O)OCC(COC(=O)CCCCCC)SOOO. The highest BCUT2D eigenvalue weighted by atomic mass is 32.2. The molecular weight excluding hydrogens is 348 g/mol. The van der Waals surface area contributed by atoms with Gasteiger partial charge in [-0.25, -0.2) is 5.26 Å². The van der Waals surface area contributed by atoms with Crippen LogP contribution in [0.15, 0.2) is 0 Å². The second kappa shape index (κ2) is 18.0. The highest BCUT2D eigenvalue weighted by Crippen LogP contribution is 2.15. The Labute approximate surface area is 154 Å². The molecule has 0 saturated carbocycles. The average Bonchev–Trinajstić information content (AvgIpc) is 2.61. The van der Waals surface area contributed by atoms with E-state index in [0.29, 0.717) is 12.8 Å². The molecule has 0 rings (SSSR count). The molecule has 0 aromatic heterocycles. The van der Waals surface area contributed by atoms with Crippen LogP contribution in [-0.4, -0.2) is 35.7 Å². The summed E-state index contributed by atoms with van der Waals surface area (Å²) in [4.78, 5) is 23.3. The van der Waals surface area contributed by atoms with Crippen LogP contribution >= 0.6 is 12.0 Å². The lowest BCUT2D eigenvalue weighted by Crippen LogP contribution is -2.23. The third kappa shape index (κ3) is 16.4. The van der Waals surface area contributed by atoms with Gasteiger partial charge in [0.25, 0.3) is 0 Å². The summed E-state index contributed by atoms with van der Waals surface area (Å²) < 4.78 is 14.7. The smallest absolute Gasteiger partial charge is 0.305 e. The van der Waals surface area contributed by atoms with Crippen molar-refractivity contribution < 1.29 is 33.7 Å². The van der Waals surface area contributed by atoms with Gasteiger partial charge in [-0.1, -0.05) is 57.4 Å². The van der Waals surface area contributed by atoms with Crippen LogP contribution in [-0.2, 0) is 28.4 Å². The maximum absolute atomic E-state index is 11.7. The predicted molar refractivity (Wildman–Crippen MR) is 95.6 cm³/mol. The summed E-state index contributed by atoms with van der Waals surface area (Å²) in [5.41, 5.74) is 0. The largest absolute Gasteiger partial charge is 0.464 e. The van der Waals surface area contributed by atoms with Gasteiger partial charge in [0.05, 0.1) is 0 Å². The first-order chi connectivity index (χ1) is 12.1. The van der Waals surface area contributed by atoms with Crippen LogP contribution < -0.4 is 0 Å². The van der Waals surface area contributed by atoms with Crippen LogP contribution in [0, 0.1) is 0 Å². The van der Waals surface area contributed by atoms with E-state index in [0.717, 1.165) is 63.4 Å². The number of carbonyl (C=O) groups excluding carboxylic acids is 2. The highest BCUT2D eigenvalue weighted by molar-refractivity contribution is 7.95. The van der Waals surface area contributed by atoms with E-state index in [4.69, 9.17) is 14.7 Å². The van der Waals surface area contributed by atoms with Gasteiger partial charge in [0.1, 0.15) is 18.5 Å². The second-order valence-corrected chi connectivity index (χ2v) is 6.84. The molecule has 0 aliphatic rings. The normalized spacial score (nSPS) is 10.9. The summed E-state index contributed by atoms with van der Waals surface area (Å²) in [6.07, 6.45) is 8.75. The first-order valence-corrected chi connectivity index (χ1v) is 9.89. The number of carbonyl (C=O) groups is 2. The fourth-order valence-electron chi connectivity index (χ4n) is 2.09. The van der Waals surface area contributed by atoms with Crippen LogP contribution in [0.3, 0.4) is 0 Å². The first-order valence-electron chi connectivity index (χ1n) is 9.08. The molecule has 0 aromatic carbocycles. The summed E-state index contributed by atoms with van der Waals surface area (Å²) in [5, 5.41) is 11.3. The topological polar surface area (TPSA) is 91.3 Å². The molecule has 0 aliphatic heterocycles. The van der Waals surface area contributed by atoms with Crippen molar-refractivity contribution in [2.45, 2.75) is 83.3 Å². The van der Waals surface area contributed by atoms with Crippen molar-refractivity contribution in [1.29, 1.82) is 0 Å². The summed E-state index contributed by atoms with van der Waals surface area (Å²) >= 11 is 0.743. The summed E-state index contributed by atoms with van der Waals surface area (Å²) in [7, 11) is 0. The van der Waals surface area contributed by atoms with Gasteiger partial charge in [0.15, 0.2) is 0 Å². The summed E-state index contributed by atoms with van der Waals surface area (Å²) in [6, 6.07) is 0. The molecule has 0 spiro atoms. The maximum Gasteiger partial charge on any atom is 0.305 e. The molecule has 0 radical (unpaired) electrons. The molecule has 148 valence electrons. The quantitative estimate of drug-likeness (QED) is 0.130. The molecule has 7 nitrogen and oxygen atoms in total. The van der Waals surface area contributed by atoms with Crippen molar-refractivity contribution in [2.24, 2.45) is 0 Å². The van der Waals surface area contributed by atoms with Crippen LogP contribution in [0.4, 0.5) is 0 Å². The number of hydrogen-bond donors (Lipinski definition) is 1. The van der Waals surface area contributed by atoms with Crippen LogP contribution in [0.2, 0.25) is 0 Å². The lowest BCUT2D eigenvalue weighted by Gasteiger charge is -2.15. The Morgan fingerprint density at radius 2 is 1.32 bits per heavy atom. The van der Waals surface area contributed by atoms with Crippen molar-refractivity contribution in [2.75, 3.05) is 13.2 Å². The Morgan fingerprint density at radius 3 is 1.72 bits per heavy atom. The summed E-state index contributed by atoms with van der Waals surface area (Å²) in [5.74, 6) is -0.588. The van der Waals surface area contributed by atoms with Gasteiger partial charge in [0.2, 0.25) is 0 Å². The molecule has 0 aromatic rings. The van der Waals surface area contributed by atoms with Crippen molar-refractivity contribution in [3.63, 3.8) is 0 Å². The van der Waals surface area contributed by atoms with E-state index in [2.05, 4.69) is 23.2 Å². The number of esters is 2. The van der Waals surface area contributed by atoms with Gasteiger partial charge in [-0.2, -0.15) is 0 Å². The number of hydrogen-bond acceptors (Lipinski definition) is 8. The van der Waals surface area contributed by atoms with E-state index in [1.54, 1.807) is 0 Å². The van der Waals surface area contributed by atoms with E-state index in [1.807, 2.05) is 0 Å². The molecule has 0 aliphatic carbocycles. The monoisotopic (exact) mass is 380 g/mol. The van der Waals surface area contributed by atoms with Gasteiger partial charge in [-0.05, 0) is 12.8 Å². The Bertz CT molecular complexity index is 311. The van der Waals surface area contributed by atoms with Gasteiger partial charge < -0.3 is 9.47 Å². The van der Waals surface area contributed by atoms with E-state index in [9.17, 15) is 9.59 Å². The van der Waals surface area contributed by atoms with Gasteiger partial charge in [-0.3, -0.25) is 9.59 Å². The van der Waals surface area contributed by atoms with Crippen LogP contribution in [0.25, 0.3) is 0 Å². The van der Waals surface area contributed by atoms with Crippen LogP contribution in [0.1, 0.15) is 78.1 Å². The molecule has 0 saturated heterocycles. The van der Waals surface area contributed by atoms with Crippen molar-refractivity contribution in [1.82, 2.24) is 0 Å². The van der Waals surface area contributed by atoms with E-state index < -0.39 is 5.25 Å². The summed E-state index contributed by atoms with van der Waals surface area (Å²) in [6.45, 7) is 4.25. The Hall–Kier alpha value is -0.830. The van der Waals surface area contributed by atoms with E-state index >= 15 is 0 Å².